The fraction of sp³-hybridized carbons (Fsp3) is 0.923. The van der Waals surface area contributed by atoms with E-state index in [4.69, 9.17) is 0 Å². The second-order valence-electron chi connectivity index (χ2n) is 5.83. The van der Waals surface area contributed by atoms with E-state index in [0.717, 1.165) is 32.4 Å². The third-order valence-corrected chi connectivity index (χ3v) is 4.16. The van der Waals surface area contributed by atoms with Gasteiger partial charge in [-0.1, -0.05) is 0 Å². The Labute approximate surface area is 104 Å². The highest BCUT2D eigenvalue weighted by Gasteiger charge is 2.57. The lowest BCUT2D eigenvalue weighted by molar-refractivity contribution is -0.130. The Kier molecular flexibility index (Phi) is 3.46. The largest absolute Gasteiger partial charge is 0.326 e. The van der Waals surface area contributed by atoms with Crippen LogP contribution in [0, 0.1) is 0 Å². The van der Waals surface area contributed by atoms with Gasteiger partial charge in [-0.3, -0.25) is 10.1 Å². The van der Waals surface area contributed by atoms with Crippen molar-refractivity contribution in [3.05, 3.63) is 0 Å². The maximum Gasteiger partial charge on any atom is 0.244 e. The van der Waals surface area contributed by atoms with Crippen LogP contribution in [0.15, 0.2) is 0 Å². The zero-order chi connectivity index (χ0) is 12.6. The first-order valence-corrected chi connectivity index (χ1v) is 6.75. The van der Waals surface area contributed by atoms with Crippen LogP contribution in [0.2, 0.25) is 0 Å². The first-order chi connectivity index (χ1) is 7.96. The van der Waals surface area contributed by atoms with Gasteiger partial charge in [-0.05, 0) is 53.6 Å². The number of nitrogens with one attached hydrogen (secondary N) is 1. The lowest BCUT2D eigenvalue weighted by Gasteiger charge is -2.24. The summed E-state index contributed by atoms with van der Waals surface area (Å²) < 4.78 is 0. The number of rotatable bonds is 5. The van der Waals surface area contributed by atoms with Gasteiger partial charge in [0.2, 0.25) is 5.91 Å². The van der Waals surface area contributed by atoms with E-state index in [0.29, 0.717) is 11.9 Å². The zero-order valence-corrected chi connectivity index (χ0v) is 11.5. The van der Waals surface area contributed by atoms with E-state index in [2.05, 4.69) is 38.0 Å². The summed E-state index contributed by atoms with van der Waals surface area (Å²) in [6.07, 6.45) is 3.33. The molecule has 1 aliphatic carbocycles. The number of amides is 1. The maximum absolute atomic E-state index is 12.2. The summed E-state index contributed by atoms with van der Waals surface area (Å²) in [5, 5.41) is 3.43. The molecule has 2 rings (SSSR count). The SMILES string of the molecule is CC(C)N(C)CCCN1C(=O)C2(CC2)NC1C. The molecule has 0 aromatic rings. The van der Waals surface area contributed by atoms with E-state index in [1.165, 1.54) is 0 Å². The summed E-state index contributed by atoms with van der Waals surface area (Å²) in [5.74, 6) is 0.331. The first-order valence-electron chi connectivity index (χ1n) is 6.75. The molecular weight excluding hydrogens is 214 g/mol. The molecule has 2 fully saturated rings. The Balaban J connectivity index is 1.78. The van der Waals surface area contributed by atoms with E-state index in [1.807, 2.05) is 4.90 Å². The summed E-state index contributed by atoms with van der Waals surface area (Å²) >= 11 is 0. The van der Waals surface area contributed by atoms with Crippen LogP contribution in [0.4, 0.5) is 0 Å². The van der Waals surface area contributed by atoms with Crippen LogP contribution in [0.1, 0.15) is 40.0 Å². The molecule has 4 nitrogen and oxygen atoms in total. The molecule has 0 bridgehead atoms. The lowest BCUT2D eigenvalue weighted by atomic mass is 10.2. The van der Waals surface area contributed by atoms with Gasteiger partial charge in [-0.25, -0.2) is 0 Å². The van der Waals surface area contributed by atoms with Gasteiger partial charge in [0.15, 0.2) is 0 Å². The van der Waals surface area contributed by atoms with Crippen LogP contribution in [0.5, 0.6) is 0 Å². The molecule has 0 aromatic carbocycles. The molecule has 1 N–H and O–H groups in total. The number of hydrogen-bond acceptors (Lipinski definition) is 3. The molecule has 0 aromatic heterocycles. The zero-order valence-electron chi connectivity index (χ0n) is 11.5. The van der Waals surface area contributed by atoms with Gasteiger partial charge >= 0.3 is 0 Å². The molecule has 2 aliphatic rings. The van der Waals surface area contributed by atoms with Crippen molar-refractivity contribution in [1.82, 2.24) is 15.1 Å². The molecule has 0 radical (unpaired) electrons. The van der Waals surface area contributed by atoms with Crippen molar-refractivity contribution in [2.45, 2.75) is 57.8 Å². The van der Waals surface area contributed by atoms with Gasteiger partial charge in [0.05, 0.1) is 11.7 Å². The number of carbonyl (C=O) groups is 1. The van der Waals surface area contributed by atoms with Crippen LogP contribution in [0.3, 0.4) is 0 Å². The van der Waals surface area contributed by atoms with E-state index in [-0.39, 0.29) is 11.7 Å². The predicted molar refractivity (Wildman–Crippen MR) is 68.7 cm³/mol. The van der Waals surface area contributed by atoms with Crippen molar-refractivity contribution in [2.75, 3.05) is 20.1 Å². The Morgan fingerprint density at radius 3 is 2.65 bits per heavy atom. The smallest absolute Gasteiger partial charge is 0.244 e. The second-order valence-corrected chi connectivity index (χ2v) is 5.83. The Bertz CT molecular complexity index is 299. The Hall–Kier alpha value is -0.610. The Morgan fingerprint density at radius 1 is 1.53 bits per heavy atom. The normalized spacial score (nSPS) is 26.6. The van der Waals surface area contributed by atoms with Gasteiger partial charge in [0.25, 0.3) is 0 Å². The molecule has 17 heavy (non-hydrogen) atoms. The van der Waals surface area contributed by atoms with Gasteiger partial charge in [-0.2, -0.15) is 0 Å². The predicted octanol–water partition coefficient (Wildman–Crippen LogP) is 1.03. The monoisotopic (exact) mass is 239 g/mol. The highest BCUT2D eigenvalue weighted by atomic mass is 16.2. The van der Waals surface area contributed by atoms with Crippen molar-refractivity contribution >= 4 is 5.91 Å². The van der Waals surface area contributed by atoms with Crippen LogP contribution in [0.25, 0.3) is 0 Å². The number of hydrogen-bond donors (Lipinski definition) is 1. The minimum Gasteiger partial charge on any atom is -0.326 e. The molecule has 1 heterocycles. The molecule has 1 unspecified atom stereocenters. The number of carbonyl (C=O) groups excluding carboxylic acids is 1. The van der Waals surface area contributed by atoms with Crippen molar-refractivity contribution < 1.29 is 4.79 Å². The molecule has 98 valence electrons. The van der Waals surface area contributed by atoms with Crippen molar-refractivity contribution in [3.63, 3.8) is 0 Å². The van der Waals surface area contributed by atoms with Crippen LogP contribution >= 0.6 is 0 Å². The molecule has 1 spiro atoms. The van der Waals surface area contributed by atoms with Gasteiger partial charge in [0, 0.05) is 12.6 Å². The fourth-order valence-corrected chi connectivity index (χ4v) is 2.52. The fourth-order valence-electron chi connectivity index (χ4n) is 2.52. The standard InChI is InChI=1S/C13H25N3O/c1-10(2)15(4)8-5-9-16-11(3)14-13(6-7-13)12(16)17/h10-11,14H,5-9H2,1-4H3. The Morgan fingerprint density at radius 2 is 2.18 bits per heavy atom. The minimum atomic E-state index is -0.149. The quantitative estimate of drug-likeness (QED) is 0.778. The third-order valence-electron chi connectivity index (χ3n) is 4.16. The molecule has 4 heteroatoms. The summed E-state index contributed by atoms with van der Waals surface area (Å²) in [6, 6.07) is 0.578. The molecule has 1 saturated carbocycles. The van der Waals surface area contributed by atoms with E-state index >= 15 is 0 Å². The first kappa shape index (κ1) is 12.8. The molecule has 1 saturated heterocycles. The summed E-state index contributed by atoms with van der Waals surface area (Å²) in [4.78, 5) is 16.5. The van der Waals surface area contributed by atoms with Crippen LogP contribution in [-0.2, 0) is 4.79 Å². The van der Waals surface area contributed by atoms with Crippen molar-refractivity contribution in [3.8, 4) is 0 Å². The summed E-state index contributed by atoms with van der Waals surface area (Å²) in [7, 11) is 2.14. The lowest BCUT2D eigenvalue weighted by Crippen LogP contribution is -2.37. The molecule has 1 atom stereocenters. The van der Waals surface area contributed by atoms with E-state index in [1.54, 1.807) is 0 Å². The molecule has 1 aliphatic heterocycles. The molecule has 1 amide bonds. The maximum atomic E-state index is 12.2. The number of nitrogens with zero attached hydrogens (tertiary/aromatic N) is 2. The highest BCUT2D eigenvalue weighted by molar-refractivity contribution is 5.91. The summed E-state index contributed by atoms with van der Waals surface area (Å²) in [5.41, 5.74) is -0.149. The van der Waals surface area contributed by atoms with E-state index in [9.17, 15) is 4.79 Å². The van der Waals surface area contributed by atoms with Gasteiger partial charge in [-0.15, -0.1) is 0 Å². The second kappa shape index (κ2) is 4.58. The van der Waals surface area contributed by atoms with E-state index < -0.39 is 0 Å². The third kappa shape index (κ3) is 2.47. The van der Waals surface area contributed by atoms with Gasteiger partial charge < -0.3 is 9.80 Å². The average molecular weight is 239 g/mol. The van der Waals surface area contributed by atoms with Crippen molar-refractivity contribution in [2.24, 2.45) is 0 Å². The molecular formula is C13H25N3O. The van der Waals surface area contributed by atoms with Crippen LogP contribution < -0.4 is 5.32 Å². The average Bonchev–Trinajstić information content (AvgIpc) is 2.99. The minimum absolute atomic E-state index is 0.149. The van der Waals surface area contributed by atoms with Crippen molar-refractivity contribution in [1.29, 1.82) is 0 Å². The van der Waals surface area contributed by atoms with Crippen LogP contribution in [-0.4, -0.2) is 53.6 Å². The van der Waals surface area contributed by atoms with Gasteiger partial charge in [0.1, 0.15) is 0 Å². The highest BCUT2D eigenvalue weighted by Crippen LogP contribution is 2.41. The topological polar surface area (TPSA) is 35.6 Å². The summed E-state index contributed by atoms with van der Waals surface area (Å²) in [6.45, 7) is 8.43.